The van der Waals surface area contributed by atoms with Gasteiger partial charge in [0.2, 0.25) is 0 Å². The van der Waals surface area contributed by atoms with Crippen LogP contribution >= 0.6 is 0 Å². The van der Waals surface area contributed by atoms with Crippen LogP contribution in [0, 0.1) is 17.3 Å². The summed E-state index contributed by atoms with van der Waals surface area (Å²) in [6.07, 6.45) is 15.2. The van der Waals surface area contributed by atoms with Crippen LogP contribution in [0.2, 0.25) is 0 Å². The van der Waals surface area contributed by atoms with Crippen molar-refractivity contribution in [2.24, 2.45) is 17.3 Å². The van der Waals surface area contributed by atoms with Gasteiger partial charge in [0.15, 0.2) is 0 Å². The van der Waals surface area contributed by atoms with Crippen molar-refractivity contribution in [3.8, 4) is 0 Å². The summed E-state index contributed by atoms with van der Waals surface area (Å²) in [6, 6.07) is 0. The Hall–Kier alpha value is 0. The lowest BCUT2D eigenvalue weighted by atomic mass is 9.61. The molecule has 0 aromatic rings. The van der Waals surface area contributed by atoms with E-state index in [9.17, 15) is 0 Å². The molecule has 2 fully saturated rings. The first kappa shape index (κ1) is 11.5. The summed E-state index contributed by atoms with van der Waals surface area (Å²) in [7, 11) is 0. The molecular weight excluding hydrogens is 180 g/mol. The van der Waals surface area contributed by atoms with Crippen molar-refractivity contribution < 1.29 is 0 Å². The van der Waals surface area contributed by atoms with Crippen molar-refractivity contribution >= 4 is 0 Å². The second kappa shape index (κ2) is 4.89. The smallest absolute Gasteiger partial charge is 0.0297 e. The molecule has 0 N–H and O–H groups in total. The number of rotatable bonds is 2. The molecular formula is C15H28. The maximum atomic E-state index is 2.44. The quantitative estimate of drug-likeness (QED) is 0.587. The van der Waals surface area contributed by atoms with Crippen molar-refractivity contribution in [1.82, 2.24) is 0 Å². The first-order valence-electron chi connectivity index (χ1n) is 7.24. The van der Waals surface area contributed by atoms with E-state index in [4.69, 9.17) is 0 Å². The van der Waals surface area contributed by atoms with Crippen molar-refractivity contribution in [3.63, 3.8) is 0 Å². The summed E-state index contributed by atoms with van der Waals surface area (Å²) in [5.41, 5.74) is 0.816. The average Bonchev–Trinajstić information content (AvgIpc) is 2.27. The van der Waals surface area contributed by atoms with Gasteiger partial charge in [-0.2, -0.15) is 0 Å². The number of hydrogen-bond acceptors (Lipinski definition) is 0. The Morgan fingerprint density at radius 1 is 0.933 bits per heavy atom. The second-order valence-corrected chi connectivity index (χ2v) is 6.41. The van der Waals surface area contributed by atoms with Crippen molar-refractivity contribution in [2.45, 2.75) is 78.1 Å². The largest absolute Gasteiger partial charge is 0.0654 e. The molecule has 0 heterocycles. The van der Waals surface area contributed by atoms with Crippen molar-refractivity contribution in [1.29, 1.82) is 0 Å². The molecule has 0 bridgehead atoms. The van der Waals surface area contributed by atoms with E-state index >= 15 is 0 Å². The van der Waals surface area contributed by atoms with Gasteiger partial charge in [-0.25, -0.2) is 0 Å². The SMILES string of the molecule is CCCC1CCC2(CCC(C)CC2)CC1. The van der Waals surface area contributed by atoms with E-state index in [-0.39, 0.29) is 0 Å². The van der Waals surface area contributed by atoms with Gasteiger partial charge in [-0.1, -0.05) is 39.5 Å². The fraction of sp³-hybridized carbons (Fsp3) is 1.00. The van der Waals surface area contributed by atoms with Gasteiger partial charge >= 0.3 is 0 Å². The summed E-state index contributed by atoms with van der Waals surface area (Å²) in [5, 5.41) is 0. The zero-order chi connectivity index (χ0) is 10.7. The van der Waals surface area contributed by atoms with Crippen LogP contribution < -0.4 is 0 Å². The Morgan fingerprint density at radius 2 is 1.47 bits per heavy atom. The Kier molecular flexibility index (Phi) is 3.74. The third kappa shape index (κ3) is 2.77. The molecule has 0 amide bonds. The van der Waals surface area contributed by atoms with Crippen LogP contribution in [0.1, 0.15) is 78.1 Å². The van der Waals surface area contributed by atoms with Crippen molar-refractivity contribution in [2.75, 3.05) is 0 Å². The van der Waals surface area contributed by atoms with Crippen LogP contribution in [-0.4, -0.2) is 0 Å². The minimum absolute atomic E-state index is 0.816. The van der Waals surface area contributed by atoms with Crippen LogP contribution in [0.5, 0.6) is 0 Å². The molecule has 0 unspecified atom stereocenters. The van der Waals surface area contributed by atoms with Gasteiger partial charge in [-0.15, -0.1) is 0 Å². The topological polar surface area (TPSA) is 0 Å². The summed E-state index contributed by atoms with van der Waals surface area (Å²) in [6.45, 7) is 4.78. The summed E-state index contributed by atoms with van der Waals surface area (Å²) >= 11 is 0. The maximum Gasteiger partial charge on any atom is -0.0297 e. The zero-order valence-corrected chi connectivity index (χ0v) is 10.7. The molecule has 2 rings (SSSR count). The van der Waals surface area contributed by atoms with Crippen LogP contribution in [0.25, 0.3) is 0 Å². The molecule has 2 saturated carbocycles. The highest BCUT2D eigenvalue weighted by atomic mass is 14.4. The van der Waals surface area contributed by atoms with Gasteiger partial charge in [0, 0.05) is 0 Å². The molecule has 0 atom stereocenters. The molecule has 0 saturated heterocycles. The summed E-state index contributed by atoms with van der Waals surface area (Å²) in [4.78, 5) is 0. The highest BCUT2D eigenvalue weighted by molar-refractivity contribution is 4.89. The second-order valence-electron chi connectivity index (χ2n) is 6.41. The Morgan fingerprint density at radius 3 is 2.00 bits per heavy atom. The van der Waals surface area contributed by atoms with E-state index in [0.717, 1.165) is 17.3 Å². The third-order valence-electron chi connectivity index (χ3n) is 5.20. The van der Waals surface area contributed by atoms with Gasteiger partial charge in [-0.3, -0.25) is 0 Å². The van der Waals surface area contributed by atoms with E-state index in [1.807, 2.05) is 0 Å². The van der Waals surface area contributed by atoms with Crippen LogP contribution in [0.15, 0.2) is 0 Å². The molecule has 15 heavy (non-hydrogen) atoms. The van der Waals surface area contributed by atoms with Gasteiger partial charge < -0.3 is 0 Å². The molecule has 2 aliphatic rings. The molecule has 0 heteroatoms. The lowest BCUT2D eigenvalue weighted by Gasteiger charge is -2.44. The minimum atomic E-state index is 0.816. The van der Waals surface area contributed by atoms with E-state index in [1.165, 1.54) is 25.7 Å². The third-order valence-corrected chi connectivity index (χ3v) is 5.20. The van der Waals surface area contributed by atoms with Gasteiger partial charge in [0.25, 0.3) is 0 Å². The molecule has 88 valence electrons. The van der Waals surface area contributed by atoms with Crippen LogP contribution in [-0.2, 0) is 0 Å². The number of hydrogen-bond donors (Lipinski definition) is 0. The predicted molar refractivity (Wildman–Crippen MR) is 66.9 cm³/mol. The fourth-order valence-electron chi connectivity index (χ4n) is 3.86. The average molecular weight is 208 g/mol. The molecule has 0 aliphatic heterocycles. The van der Waals surface area contributed by atoms with E-state index in [1.54, 1.807) is 38.5 Å². The normalized spacial score (nSPS) is 42.0. The standard InChI is InChI=1S/C15H28/c1-3-4-14-7-11-15(12-8-14)9-5-13(2)6-10-15/h13-14H,3-12H2,1-2H3. The first-order valence-corrected chi connectivity index (χ1v) is 7.24. The van der Waals surface area contributed by atoms with Crippen LogP contribution in [0.4, 0.5) is 0 Å². The Balaban J connectivity index is 1.81. The van der Waals surface area contributed by atoms with E-state index in [2.05, 4.69) is 13.8 Å². The fourth-order valence-corrected chi connectivity index (χ4v) is 3.86. The van der Waals surface area contributed by atoms with Crippen molar-refractivity contribution in [3.05, 3.63) is 0 Å². The highest BCUT2D eigenvalue weighted by Crippen LogP contribution is 2.50. The molecule has 0 radical (unpaired) electrons. The Labute approximate surface area is 95.8 Å². The first-order chi connectivity index (χ1) is 7.24. The molecule has 1 spiro atoms. The predicted octanol–water partition coefficient (Wildman–Crippen LogP) is 5.17. The molecule has 2 aliphatic carbocycles. The molecule has 0 aromatic heterocycles. The molecule has 0 aromatic carbocycles. The lowest BCUT2D eigenvalue weighted by molar-refractivity contribution is 0.0770. The highest BCUT2D eigenvalue weighted by Gasteiger charge is 2.37. The van der Waals surface area contributed by atoms with E-state index < -0.39 is 0 Å². The molecule has 0 nitrogen and oxygen atoms in total. The van der Waals surface area contributed by atoms with Crippen LogP contribution in [0.3, 0.4) is 0 Å². The summed E-state index contributed by atoms with van der Waals surface area (Å²) in [5.74, 6) is 2.10. The summed E-state index contributed by atoms with van der Waals surface area (Å²) < 4.78 is 0. The van der Waals surface area contributed by atoms with Gasteiger partial charge in [0.1, 0.15) is 0 Å². The van der Waals surface area contributed by atoms with Gasteiger partial charge in [0.05, 0.1) is 0 Å². The lowest BCUT2D eigenvalue weighted by Crippen LogP contribution is -2.31. The monoisotopic (exact) mass is 208 g/mol. The van der Waals surface area contributed by atoms with Gasteiger partial charge in [-0.05, 0) is 55.8 Å². The maximum absolute atomic E-state index is 2.44. The van der Waals surface area contributed by atoms with E-state index in [0.29, 0.717) is 0 Å². The minimum Gasteiger partial charge on any atom is -0.0654 e. The zero-order valence-electron chi connectivity index (χ0n) is 10.7. The Bertz CT molecular complexity index is 176.